The van der Waals surface area contributed by atoms with Crippen molar-refractivity contribution < 1.29 is 32.7 Å². The maximum Gasteiger partial charge on any atom is 0.416 e. The van der Waals surface area contributed by atoms with E-state index in [9.17, 15) is 33.1 Å². The second-order valence-corrected chi connectivity index (χ2v) is 8.22. The third-order valence-corrected chi connectivity index (χ3v) is 5.69. The zero-order chi connectivity index (χ0) is 27.4. The SMILES string of the molecule is CONC(=O)C(O)C(Cc1ccccc1)N([O-])C(=O)c1cccnc1-n1cc2ccc(C(F)(F)F)cc2n1. The first-order valence-corrected chi connectivity index (χ1v) is 11.2. The van der Waals surface area contributed by atoms with E-state index in [0.29, 0.717) is 10.9 Å². The Morgan fingerprint density at radius 2 is 1.89 bits per heavy atom. The first kappa shape index (κ1) is 26.7. The Kier molecular flexibility index (Phi) is 7.71. The van der Waals surface area contributed by atoms with Crippen LogP contribution >= 0.6 is 0 Å². The van der Waals surface area contributed by atoms with Crippen molar-refractivity contribution in [3.63, 3.8) is 0 Å². The van der Waals surface area contributed by atoms with Crippen LogP contribution in [0.4, 0.5) is 13.2 Å². The van der Waals surface area contributed by atoms with Crippen molar-refractivity contribution in [3.05, 3.63) is 95.0 Å². The number of carbonyl (C=O) groups excluding carboxylic acids is 2. The summed E-state index contributed by atoms with van der Waals surface area (Å²) in [6.07, 6.45) is -4.01. The van der Waals surface area contributed by atoms with Gasteiger partial charge in [0.05, 0.1) is 29.8 Å². The third-order valence-electron chi connectivity index (χ3n) is 5.69. The number of pyridine rings is 1. The van der Waals surface area contributed by atoms with Crippen molar-refractivity contribution in [1.29, 1.82) is 0 Å². The highest BCUT2D eigenvalue weighted by Crippen LogP contribution is 2.31. The number of hydroxylamine groups is 3. The van der Waals surface area contributed by atoms with Gasteiger partial charge in [0.2, 0.25) is 5.91 Å². The van der Waals surface area contributed by atoms with Crippen LogP contribution in [-0.2, 0) is 22.2 Å². The number of aliphatic hydroxyl groups is 1. The minimum absolute atomic E-state index is 0.00327. The molecule has 0 spiro atoms. The molecule has 0 saturated carbocycles. The summed E-state index contributed by atoms with van der Waals surface area (Å²) in [4.78, 5) is 34.3. The molecule has 0 fully saturated rings. The Hall–Kier alpha value is -4.33. The number of nitrogens with one attached hydrogen (secondary N) is 1. The Morgan fingerprint density at radius 1 is 1.16 bits per heavy atom. The zero-order valence-corrected chi connectivity index (χ0v) is 19.8. The molecule has 2 aromatic carbocycles. The summed E-state index contributed by atoms with van der Waals surface area (Å²) in [7, 11) is 1.14. The van der Waals surface area contributed by atoms with Crippen molar-refractivity contribution in [2.45, 2.75) is 24.7 Å². The van der Waals surface area contributed by atoms with Gasteiger partial charge in [0.25, 0.3) is 5.91 Å². The highest BCUT2D eigenvalue weighted by Gasteiger charge is 2.32. The second-order valence-electron chi connectivity index (χ2n) is 8.22. The predicted molar refractivity (Wildman–Crippen MR) is 128 cm³/mol. The van der Waals surface area contributed by atoms with Gasteiger partial charge < -0.3 is 15.4 Å². The maximum absolute atomic E-state index is 13.4. The molecular formula is C25H21F3N5O5-. The van der Waals surface area contributed by atoms with Crippen LogP contribution in [0, 0.1) is 5.21 Å². The molecule has 0 aliphatic heterocycles. The lowest BCUT2D eigenvalue weighted by molar-refractivity contribution is -0.142. The van der Waals surface area contributed by atoms with E-state index >= 15 is 0 Å². The fourth-order valence-corrected chi connectivity index (χ4v) is 3.83. The predicted octanol–water partition coefficient (Wildman–Crippen LogP) is 3.03. The average molecular weight is 528 g/mol. The van der Waals surface area contributed by atoms with E-state index in [1.165, 1.54) is 30.6 Å². The molecular weight excluding hydrogens is 507 g/mol. The van der Waals surface area contributed by atoms with Gasteiger partial charge in [-0.05, 0) is 36.2 Å². The van der Waals surface area contributed by atoms with Crippen LogP contribution in [0.1, 0.15) is 21.5 Å². The van der Waals surface area contributed by atoms with Gasteiger partial charge in [0.1, 0.15) is 0 Å². The van der Waals surface area contributed by atoms with Crippen molar-refractivity contribution in [3.8, 4) is 5.82 Å². The number of hydrogen-bond donors (Lipinski definition) is 2. The standard InChI is InChI=1S/C25H21F3N5O5/c1-38-31-23(35)21(34)20(12-15-6-3-2-4-7-15)33(37)24(36)18-8-5-11-29-22(18)32-14-16-9-10-17(25(26,27)28)13-19(16)30-32/h2-11,13-14,20-21,34H,12H2,1H3,(H,31,35)/q-1. The number of hydrogen-bond acceptors (Lipinski definition) is 7. The van der Waals surface area contributed by atoms with Crippen molar-refractivity contribution in [2.75, 3.05) is 7.11 Å². The highest BCUT2D eigenvalue weighted by molar-refractivity contribution is 5.98. The minimum Gasteiger partial charge on any atom is -0.756 e. The molecule has 0 aliphatic rings. The quantitative estimate of drug-likeness (QED) is 0.336. The number of nitrogens with zero attached hydrogens (tertiary/aromatic N) is 4. The summed E-state index contributed by atoms with van der Waals surface area (Å²) in [5.41, 5.74) is 1.36. The normalized spacial score (nSPS) is 13.2. The Bertz CT molecular complexity index is 1440. The first-order valence-electron chi connectivity index (χ1n) is 11.2. The van der Waals surface area contributed by atoms with E-state index < -0.39 is 35.7 Å². The maximum atomic E-state index is 13.4. The first-order chi connectivity index (χ1) is 18.1. The van der Waals surface area contributed by atoms with Crippen LogP contribution < -0.4 is 5.48 Å². The molecule has 4 rings (SSSR count). The molecule has 2 unspecified atom stereocenters. The van der Waals surface area contributed by atoms with E-state index in [1.54, 1.807) is 30.3 Å². The number of fused-ring (bicyclic) bond motifs is 1. The molecule has 2 N–H and O–H groups in total. The molecule has 2 aromatic heterocycles. The number of amides is 2. The highest BCUT2D eigenvalue weighted by atomic mass is 19.4. The zero-order valence-electron chi connectivity index (χ0n) is 19.8. The molecule has 0 aliphatic carbocycles. The number of rotatable bonds is 8. The van der Waals surface area contributed by atoms with Crippen LogP contribution in [0.5, 0.6) is 0 Å². The van der Waals surface area contributed by atoms with Gasteiger partial charge in [-0.2, -0.15) is 18.3 Å². The minimum atomic E-state index is -4.57. The Morgan fingerprint density at radius 3 is 2.58 bits per heavy atom. The fourth-order valence-electron chi connectivity index (χ4n) is 3.83. The molecule has 0 bridgehead atoms. The molecule has 38 heavy (non-hydrogen) atoms. The number of aliphatic hydroxyl groups excluding tert-OH is 1. The summed E-state index contributed by atoms with van der Waals surface area (Å²) >= 11 is 0. The lowest BCUT2D eigenvalue weighted by Gasteiger charge is -2.39. The number of halogens is 3. The van der Waals surface area contributed by atoms with Gasteiger partial charge in [-0.3, -0.25) is 14.4 Å². The van der Waals surface area contributed by atoms with Crippen LogP contribution in [0.2, 0.25) is 0 Å². The van der Waals surface area contributed by atoms with Gasteiger partial charge in [-0.1, -0.05) is 36.4 Å². The molecule has 10 nitrogen and oxygen atoms in total. The van der Waals surface area contributed by atoms with E-state index in [-0.39, 0.29) is 28.4 Å². The monoisotopic (exact) mass is 528 g/mol. The summed E-state index contributed by atoms with van der Waals surface area (Å²) in [6.45, 7) is 0. The topological polar surface area (TPSA) is 133 Å². The van der Waals surface area contributed by atoms with Crippen LogP contribution in [0.25, 0.3) is 16.7 Å². The summed E-state index contributed by atoms with van der Waals surface area (Å²) in [6, 6.07) is 12.5. The fraction of sp³-hybridized carbons (Fsp3) is 0.200. The smallest absolute Gasteiger partial charge is 0.416 e. The van der Waals surface area contributed by atoms with Crippen molar-refractivity contribution in [2.24, 2.45) is 0 Å². The number of aromatic nitrogens is 3. The molecule has 0 saturated heterocycles. The van der Waals surface area contributed by atoms with E-state index in [2.05, 4.69) is 14.9 Å². The van der Waals surface area contributed by atoms with Gasteiger partial charge in [-0.15, -0.1) is 0 Å². The van der Waals surface area contributed by atoms with E-state index in [1.807, 2.05) is 5.48 Å². The van der Waals surface area contributed by atoms with Gasteiger partial charge in [-0.25, -0.2) is 15.1 Å². The number of benzene rings is 2. The third kappa shape index (κ3) is 5.64. The number of carbonyl (C=O) groups is 2. The van der Waals surface area contributed by atoms with Gasteiger partial charge in [0.15, 0.2) is 11.9 Å². The Balaban J connectivity index is 1.70. The molecule has 13 heteroatoms. The summed E-state index contributed by atoms with van der Waals surface area (Å²) in [5, 5.41) is 28.3. The molecule has 0 radical (unpaired) electrons. The Labute approximate surface area is 213 Å². The largest absolute Gasteiger partial charge is 0.756 e. The summed E-state index contributed by atoms with van der Waals surface area (Å²) < 4.78 is 40.4. The summed E-state index contributed by atoms with van der Waals surface area (Å²) in [5.74, 6) is -2.31. The van der Waals surface area contributed by atoms with Crippen molar-refractivity contribution >= 4 is 22.7 Å². The lowest BCUT2D eigenvalue weighted by Crippen LogP contribution is -2.51. The second kappa shape index (κ2) is 11.0. The van der Waals surface area contributed by atoms with Crippen molar-refractivity contribution in [1.82, 2.24) is 25.3 Å². The van der Waals surface area contributed by atoms with Crippen LogP contribution in [0.3, 0.4) is 0 Å². The molecule has 2 heterocycles. The molecule has 4 aromatic rings. The van der Waals surface area contributed by atoms with Gasteiger partial charge >= 0.3 is 6.18 Å². The molecule has 198 valence electrons. The van der Waals surface area contributed by atoms with Crippen LogP contribution in [-0.4, -0.2) is 56.0 Å². The van der Waals surface area contributed by atoms with Gasteiger partial charge in [0, 0.05) is 17.8 Å². The van der Waals surface area contributed by atoms with Crippen LogP contribution in [0.15, 0.2) is 73.1 Å². The average Bonchev–Trinajstić information content (AvgIpc) is 3.34. The molecule has 2 amide bonds. The number of alkyl halides is 3. The lowest BCUT2D eigenvalue weighted by atomic mass is 10.00. The van der Waals surface area contributed by atoms with E-state index in [0.717, 1.165) is 23.9 Å². The van der Waals surface area contributed by atoms with E-state index in [4.69, 9.17) is 0 Å². The molecule has 2 atom stereocenters.